The summed E-state index contributed by atoms with van der Waals surface area (Å²) < 4.78 is 6.01. The Hall–Kier alpha value is -2.15. The number of rotatable bonds is 36. The van der Waals surface area contributed by atoms with E-state index in [0.717, 1.165) is 77.0 Å². The summed E-state index contributed by atoms with van der Waals surface area (Å²) in [6, 6.07) is -0.855. The molecule has 0 aliphatic rings. The van der Waals surface area contributed by atoms with E-state index >= 15 is 0 Å². The number of ether oxygens (including phenoxy) is 1. The molecule has 1 amide bonds. The van der Waals surface area contributed by atoms with Crippen LogP contribution in [-0.4, -0.2) is 41.6 Å². The molecule has 0 spiro atoms. The van der Waals surface area contributed by atoms with Crippen LogP contribution in [0, 0.1) is 0 Å². The van der Waals surface area contributed by atoms with Crippen LogP contribution in [0.15, 0.2) is 24.3 Å². The highest BCUT2D eigenvalue weighted by molar-refractivity contribution is 5.83. The minimum Gasteiger partial charge on any atom is -0.480 e. The third-order valence-corrected chi connectivity index (χ3v) is 9.00. The van der Waals surface area contributed by atoms with Gasteiger partial charge in [-0.1, -0.05) is 134 Å². The molecule has 0 heterocycles. The van der Waals surface area contributed by atoms with E-state index in [1.165, 1.54) is 83.5 Å². The monoisotopic (exact) mass is 677 g/mol. The van der Waals surface area contributed by atoms with Crippen molar-refractivity contribution < 1.29 is 24.2 Å². The van der Waals surface area contributed by atoms with Gasteiger partial charge in [-0.25, -0.2) is 4.79 Å². The molecule has 0 aromatic carbocycles. The molecular formula is C41H76N2O5. The minimum atomic E-state index is -1.00. The number of allylic oxidation sites excluding steroid dienone is 4. The average molecular weight is 677 g/mol. The zero-order chi connectivity index (χ0) is 35.3. The van der Waals surface area contributed by atoms with Crippen molar-refractivity contribution in [3.8, 4) is 0 Å². The molecule has 0 bridgehead atoms. The fraction of sp³-hybridized carbons (Fsp3) is 0.829. The topological polar surface area (TPSA) is 119 Å². The molecule has 7 nitrogen and oxygen atoms in total. The number of carbonyl (C=O) groups is 3. The average Bonchev–Trinajstić information content (AvgIpc) is 3.07. The van der Waals surface area contributed by atoms with Gasteiger partial charge in [-0.2, -0.15) is 0 Å². The predicted octanol–water partition coefficient (Wildman–Crippen LogP) is 10.9. The van der Waals surface area contributed by atoms with E-state index in [1.807, 2.05) is 0 Å². The first kappa shape index (κ1) is 45.9. The van der Waals surface area contributed by atoms with Gasteiger partial charge in [0.2, 0.25) is 5.91 Å². The van der Waals surface area contributed by atoms with Gasteiger partial charge >= 0.3 is 11.9 Å². The lowest BCUT2D eigenvalue weighted by atomic mass is 10.0. The van der Waals surface area contributed by atoms with Crippen molar-refractivity contribution in [1.29, 1.82) is 0 Å². The molecule has 0 aliphatic heterocycles. The number of unbranched alkanes of at least 4 members (excludes halogenated alkanes) is 18. The third-order valence-electron chi connectivity index (χ3n) is 9.00. The van der Waals surface area contributed by atoms with Gasteiger partial charge in [0.1, 0.15) is 12.1 Å². The van der Waals surface area contributed by atoms with E-state index in [-0.39, 0.29) is 18.0 Å². The fourth-order valence-corrected chi connectivity index (χ4v) is 5.96. The second kappa shape index (κ2) is 36.1. The van der Waals surface area contributed by atoms with Crippen LogP contribution >= 0.6 is 0 Å². The summed E-state index contributed by atoms with van der Waals surface area (Å²) in [7, 11) is 0. The molecule has 0 rings (SSSR count). The van der Waals surface area contributed by atoms with Crippen molar-refractivity contribution in [3.63, 3.8) is 0 Å². The van der Waals surface area contributed by atoms with Gasteiger partial charge in [-0.3, -0.25) is 9.59 Å². The molecule has 0 aromatic rings. The minimum absolute atomic E-state index is 0.0120. The van der Waals surface area contributed by atoms with Crippen LogP contribution in [0.2, 0.25) is 0 Å². The van der Waals surface area contributed by atoms with Gasteiger partial charge in [0.05, 0.1) is 0 Å². The molecule has 4 N–H and O–H groups in total. The van der Waals surface area contributed by atoms with Crippen molar-refractivity contribution >= 4 is 17.8 Å². The third kappa shape index (κ3) is 32.4. The van der Waals surface area contributed by atoms with Crippen LogP contribution in [0.3, 0.4) is 0 Å². The predicted molar refractivity (Wildman–Crippen MR) is 202 cm³/mol. The number of carbonyl (C=O) groups excluding carboxylic acids is 2. The van der Waals surface area contributed by atoms with Crippen LogP contribution in [0.25, 0.3) is 0 Å². The maximum absolute atomic E-state index is 12.7. The summed E-state index contributed by atoms with van der Waals surface area (Å²) in [5.74, 6) is -1.24. The summed E-state index contributed by atoms with van der Waals surface area (Å²) >= 11 is 0. The summed E-state index contributed by atoms with van der Waals surface area (Å²) in [6.45, 7) is 4.87. The Morgan fingerprint density at radius 3 is 1.69 bits per heavy atom. The first-order valence-electron chi connectivity index (χ1n) is 20.2. The molecule has 0 aromatic heterocycles. The number of carboxylic acids is 1. The highest BCUT2D eigenvalue weighted by Gasteiger charge is 2.19. The summed E-state index contributed by atoms with van der Waals surface area (Å²) in [5, 5.41) is 11.9. The van der Waals surface area contributed by atoms with Crippen molar-refractivity contribution in [2.24, 2.45) is 5.73 Å². The Labute approximate surface area is 295 Å². The molecule has 2 unspecified atom stereocenters. The zero-order valence-corrected chi connectivity index (χ0v) is 31.3. The number of nitrogens with one attached hydrogen (secondary N) is 1. The number of nitrogens with two attached hydrogens (primary N) is 1. The number of hydrogen-bond donors (Lipinski definition) is 3. The number of amides is 1. The lowest BCUT2D eigenvalue weighted by Gasteiger charge is -2.18. The van der Waals surface area contributed by atoms with Crippen LogP contribution in [0.1, 0.15) is 200 Å². The van der Waals surface area contributed by atoms with Crippen LogP contribution in [0.5, 0.6) is 0 Å². The Kier molecular flexibility index (Phi) is 34.5. The number of hydrogen-bond acceptors (Lipinski definition) is 5. The van der Waals surface area contributed by atoms with Crippen LogP contribution < -0.4 is 11.1 Å². The maximum atomic E-state index is 12.7. The fourth-order valence-electron chi connectivity index (χ4n) is 5.96. The normalized spacial score (nSPS) is 12.9. The largest absolute Gasteiger partial charge is 0.480 e. The summed E-state index contributed by atoms with van der Waals surface area (Å²) in [5.41, 5.74) is 5.47. The van der Waals surface area contributed by atoms with E-state index in [2.05, 4.69) is 43.5 Å². The first-order valence-corrected chi connectivity index (χ1v) is 20.2. The molecule has 0 saturated heterocycles. The van der Waals surface area contributed by atoms with Gasteiger partial charge in [-0.15, -0.1) is 0 Å². The lowest BCUT2D eigenvalue weighted by molar-refractivity contribution is -0.150. The van der Waals surface area contributed by atoms with E-state index in [9.17, 15) is 19.5 Å². The number of carboxylic acid groups (broad SMARTS) is 1. The molecule has 0 radical (unpaired) electrons. The Balaban J connectivity index is 4.30. The molecular weight excluding hydrogens is 600 g/mol. The Bertz CT molecular complexity index is 813. The highest BCUT2D eigenvalue weighted by atomic mass is 16.5. The van der Waals surface area contributed by atoms with E-state index < -0.39 is 12.0 Å². The van der Waals surface area contributed by atoms with Crippen molar-refractivity contribution in [3.05, 3.63) is 24.3 Å². The molecule has 0 aliphatic carbocycles. The molecule has 2 atom stereocenters. The maximum Gasteiger partial charge on any atom is 0.326 e. The molecule has 280 valence electrons. The van der Waals surface area contributed by atoms with E-state index in [1.54, 1.807) is 0 Å². The number of esters is 1. The Morgan fingerprint density at radius 2 is 1.12 bits per heavy atom. The van der Waals surface area contributed by atoms with E-state index in [4.69, 9.17) is 10.5 Å². The Morgan fingerprint density at radius 1 is 0.604 bits per heavy atom. The van der Waals surface area contributed by atoms with Crippen LogP contribution in [-0.2, 0) is 19.1 Å². The SMILES string of the molecule is CCC/C=C\C/C=C\CCCCCCCC(=O)OC(CCCCCCCCCCC)CCCCCCCC(=O)NC(CCCN)C(=O)O. The standard InChI is InChI=1S/C41H76N2O5/c1-3-5-7-9-11-13-14-15-16-18-20-25-29-35-40(45)48-37(31-26-22-19-17-12-10-8-6-4-2)32-27-23-21-24-28-34-39(44)43-38(41(46)47)33-30-36-42/h7,9,13-14,37-38H,3-6,8,10-12,15-36,42H2,1-2H3,(H,43,44)(H,46,47)/b9-7-,14-13-. The van der Waals surface area contributed by atoms with E-state index in [0.29, 0.717) is 32.2 Å². The summed E-state index contributed by atoms with van der Waals surface area (Å²) in [4.78, 5) is 36.2. The first-order chi connectivity index (χ1) is 23.4. The van der Waals surface area contributed by atoms with Crippen LogP contribution in [0.4, 0.5) is 0 Å². The molecule has 7 heteroatoms. The highest BCUT2D eigenvalue weighted by Crippen LogP contribution is 2.19. The molecule has 0 fully saturated rings. The summed E-state index contributed by atoms with van der Waals surface area (Å²) in [6.07, 6.45) is 39.3. The van der Waals surface area contributed by atoms with Crippen molar-refractivity contribution in [2.45, 2.75) is 212 Å². The van der Waals surface area contributed by atoms with Crippen molar-refractivity contribution in [2.75, 3.05) is 6.54 Å². The smallest absolute Gasteiger partial charge is 0.326 e. The second-order valence-corrected chi connectivity index (χ2v) is 13.7. The lowest BCUT2D eigenvalue weighted by Crippen LogP contribution is -2.40. The second-order valence-electron chi connectivity index (χ2n) is 13.7. The van der Waals surface area contributed by atoms with Crippen molar-refractivity contribution in [1.82, 2.24) is 5.32 Å². The molecule has 0 saturated carbocycles. The molecule has 48 heavy (non-hydrogen) atoms. The zero-order valence-electron chi connectivity index (χ0n) is 31.3. The quantitative estimate of drug-likeness (QED) is 0.0345. The van der Waals surface area contributed by atoms with Gasteiger partial charge < -0.3 is 20.9 Å². The number of aliphatic carboxylic acids is 1. The van der Waals surface area contributed by atoms with Gasteiger partial charge in [0.25, 0.3) is 0 Å². The van der Waals surface area contributed by atoms with Gasteiger partial charge in [-0.05, 0) is 83.6 Å². The van der Waals surface area contributed by atoms with Gasteiger partial charge in [0.15, 0.2) is 0 Å². The van der Waals surface area contributed by atoms with Gasteiger partial charge in [0, 0.05) is 12.8 Å².